The van der Waals surface area contributed by atoms with E-state index < -0.39 is 12.0 Å². The molecular weight excluding hydrogens is 334 g/mol. The van der Waals surface area contributed by atoms with Crippen molar-refractivity contribution in [2.45, 2.75) is 38.1 Å². The molecule has 142 valence electrons. The zero-order valence-corrected chi connectivity index (χ0v) is 14.9. The van der Waals surface area contributed by atoms with Gasteiger partial charge in [-0.25, -0.2) is 0 Å². The van der Waals surface area contributed by atoms with Crippen LogP contribution < -0.4 is 10.6 Å². The molecule has 2 aliphatic rings. The lowest BCUT2D eigenvalue weighted by atomic mass is 9.95. The highest BCUT2D eigenvalue weighted by atomic mass is 16.4. The van der Waals surface area contributed by atoms with Gasteiger partial charge in [0.1, 0.15) is 6.04 Å². The quantitative estimate of drug-likeness (QED) is 0.469. The van der Waals surface area contributed by atoms with Crippen LogP contribution in [-0.4, -0.2) is 60.0 Å². The fraction of sp³-hybridized carbons (Fsp3) is 0.632. The topological polar surface area (TPSA) is 98.7 Å². The lowest BCUT2D eigenvalue weighted by Crippen LogP contribution is -2.47. The Morgan fingerprint density at radius 3 is 2.69 bits per heavy atom. The number of carboxylic acid groups (broad SMARTS) is 1. The summed E-state index contributed by atoms with van der Waals surface area (Å²) in [5, 5.41) is 14.7. The zero-order chi connectivity index (χ0) is 18.9. The number of nitrogens with one attached hydrogen (secondary N) is 2. The average Bonchev–Trinajstić information content (AvgIpc) is 2.66. The van der Waals surface area contributed by atoms with Crippen LogP contribution in [-0.2, 0) is 14.4 Å². The summed E-state index contributed by atoms with van der Waals surface area (Å²) < 4.78 is 0. The van der Waals surface area contributed by atoms with E-state index in [1.54, 1.807) is 11.0 Å². The number of carbonyl (C=O) groups is 3. The molecular formula is C19H27N3O4. The van der Waals surface area contributed by atoms with Gasteiger partial charge in [-0.15, -0.1) is 6.42 Å². The van der Waals surface area contributed by atoms with Gasteiger partial charge in [0.05, 0.1) is 12.3 Å². The van der Waals surface area contributed by atoms with Gasteiger partial charge in [0, 0.05) is 13.1 Å². The average molecular weight is 361 g/mol. The highest BCUT2D eigenvalue weighted by Crippen LogP contribution is 2.18. The number of rotatable bonds is 6. The van der Waals surface area contributed by atoms with Crippen LogP contribution in [0.2, 0.25) is 0 Å². The number of hydrogen-bond donors (Lipinski definition) is 3. The highest BCUT2D eigenvalue weighted by molar-refractivity contribution is 5.88. The summed E-state index contributed by atoms with van der Waals surface area (Å²) >= 11 is 0. The number of amides is 2. The van der Waals surface area contributed by atoms with Crippen molar-refractivity contribution in [3.63, 3.8) is 0 Å². The first-order valence-electron chi connectivity index (χ1n) is 9.15. The third-order valence-corrected chi connectivity index (χ3v) is 4.90. The van der Waals surface area contributed by atoms with Crippen LogP contribution in [0.5, 0.6) is 0 Å². The van der Waals surface area contributed by atoms with Gasteiger partial charge in [0.2, 0.25) is 11.8 Å². The van der Waals surface area contributed by atoms with Crippen LogP contribution in [0.4, 0.5) is 0 Å². The predicted molar refractivity (Wildman–Crippen MR) is 97.1 cm³/mol. The molecule has 7 heteroatoms. The lowest BCUT2D eigenvalue weighted by molar-refractivity contribution is -0.137. The first kappa shape index (κ1) is 20.0. The van der Waals surface area contributed by atoms with Crippen LogP contribution in [0.3, 0.4) is 0 Å². The van der Waals surface area contributed by atoms with Crippen LogP contribution in [0.1, 0.15) is 32.1 Å². The summed E-state index contributed by atoms with van der Waals surface area (Å²) in [6, 6.07) is -0.828. The molecule has 0 bridgehead atoms. The number of hydrogen-bond acceptors (Lipinski definition) is 4. The Bertz CT molecular complexity index is 590. The van der Waals surface area contributed by atoms with E-state index >= 15 is 0 Å². The maximum absolute atomic E-state index is 12.4. The van der Waals surface area contributed by atoms with Crippen molar-refractivity contribution in [2.75, 3.05) is 26.2 Å². The molecule has 2 atom stereocenters. The number of carboxylic acids is 1. The molecule has 2 heterocycles. The fourth-order valence-electron chi connectivity index (χ4n) is 3.37. The minimum absolute atomic E-state index is 0.0694. The standard InChI is InChI=1S/C19H27N3O4/c1-2-16(12-18(24)25)21-19(26)15-4-3-11-22(13-15)17(23)6-5-14-7-9-20-10-8-14/h1,5-6,14-16,20H,3-4,7-13H2,(H,21,26)(H,24,25)/b6-5+/t15-,16-/m0/s1. The summed E-state index contributed by atoms with van der Waals surface area (Å²) in [7, 11) is 0. The van der Waals surface area contributed by atoms with Crippen molar-refractivity contribution < 1.29 is 19.5 Å². The molecule has 0 radical (unpaired) electrons. The molecule has 0 aromatic rings. The summed E-state index contributed by atoms with van der Waals surface area (Å²) in [6.45, 7) is 2.92. The third-order valence-electron chi connectivity index (χ3n) is 4.90. The Hall–Kier alpha value is -2.33. The number of allylic oxidation sites excluding steroid dienone is 1. The number of terminal acetylenes is 1. The van der Waals surface area contributed by atoms with E-state index in [2.05, 4.69) is 16.6 Å². The highest BCUT2D eigenvalue weighted by Gasteiger charge is 2.29. The van der Waals surface area contributed by atoms with Crippen molar-refractivity contribution in [1.29, 1.82) is 0 Å². The van der Waals surface area contributed by atoms with E-state index in [1.807, 2.05) is 6.08 Å². The molecule has 0 spiro atoms. The second kappa shape index (κ2) is 9.97. The molecule has 0 aromatic heterocycles. The number of nitrogens with zero attached hydrogens (tertiary/aromatic N) is 1. The lowest BCUT2D eigenvalue weighted by Gasteiger charge is -2.32. The monoisotopic (exact) mass is 361 g/mol. The Kier molecular flexibility index (Phi) is 7.67. The molecule has 0 saturated carbocycles. The maximum atomic E-state index is 12.4. The fourth-order valence-corrected chi connectivity index (χ4v) is 3.37. The van der Waals surface area contributed by atoms with Crippen molar-refractivity contribution in [3.8, 4) is 12.3 Å². The Balaban J connectivity index is 1.86. The van der Waals surface area contributed by atoms with Gasteiger partial charge in [-0.1, -0.05) is 12.0 Å². The normalized spacial score (nSPS) is 22.6. The molecule has 2 amide bonds. The van der Waals surface area contributed by atoms with Gasteiger partial charge in [0.15, 0.2) is 0 Å². The predicted octanol–water partition coefficient (Wildman–Crippen LogP) is 0.374. The largest absolute Gasteiger partial charge is 0.481 e. The van der Waals surface area contributed by atoms with Gasteiger partial charge in [-0.3, -0.25) is 14.4 Å². The molecule has 2 saturated heterocycles. The van der Waals surface area contributed by atoms with Crippen molar-refractivity contribution in [2.24, 2.45) is 11.8 Å². The van der Waals surface area contributed by atoms with E-state index in [9.17, 15) is 14.4 Å². The molecule has 7 nitrogen and oxygen atoms in total. The van der Waals surface area contributed by atoms with Gasteiger partial charge in [0.25, 0.3) is 0 Å². The number of likely N-dealkylation sites (tertiary alicyclic amines) is 1. The Labute approximate surface area is 154 Å². The van der Waals surface area contributed by atoms with E-state index in [-0.39, 0.29) is 24.2 Å². The zero-order valence-electron chi connectivity index (χ0n) is 14.9. The summed E-state index contributed by atoms with van der Waals surface area (Å²) in [5.41, 5.74) is 0. The van der Waals surface area contributed by atoms with Crippen LogP contribution in [0.25, 0.3) is 0 Å². The molecule has 2 aliphatic heterocycles. The van der Waals surface area contributed by atoms with Gasteiger partial charge in [-0.2, -0.15) is 0 Å². The van der Waals surface area contributed by atoms with Gasteiger partial charge >= 0.3 is 5.97 Å². The second-order valence-electron chi connectivity index (χ2n) is 6.90. The summed E-state index contributed by atoms with van der Waals surface area (Å²) in [6.07, 6.45) is 12.1. The number of piperidine rings is 2. The molecule has 0 aliphatic carbocycles. The van der Waals surface area contributed by atoms with Crippen molar-refractivity contribution >= 4 is 17.8 Å². The second-order valence-corrected chi connectivity index (χ2v) is 6.90. The van der Waals surface area contributed by atoms with Crippen LogP contribution >= 0.6 is 0 Å². The minimum Gasteiger partial charge on any atom is -0.481 e. The minimum atomic E-state index is -1.06. The molecule has 3 N–H and O–H groups in total. The number of aliphatic carboxylic acids is 1. The van der Waals surface area contributed by atoms with Crippen LogP contribution in [0.15, 0.2) is 12.2 Å². The van der Waals surface area contributed by atoms with E-state index in [1.165, 1.54) is 0 Å². The molecule has 2 rings (SSSR count). The van der Waals surface area contributed by atoms with Crippen molar-refractivity contribution in [1.82, 2.24) is 15.5 Å². The molecule has 0 aromatic carbocycles. The summed E-state index contributed by atoms with van der Waals surface area (Å²) in [5.74, 6) is 0.944. The summed E-state index contributed by atoms with van der Waals surface area (Å²) in [4.78, 5) is 37.2. The molecule has 2 fully saturated rings. The first-order chi connectivity index (χ1) is 12.5. The first-order valence-corrected chi connectivity index (χ1v) is 9.15. The van der Waals surface area contributed by atoms with Crippen molar-refractivity contribution in [3.05, 3.63) is 12.2 Å². The van der Waals surface area contributed by atoms with E-state index in [4.69, 9.17) is 11.5 Å². The number of carbonyl (C=O) groups excluding carboxylic acids is 2. The Morgan fingerprint density at radius 2 is 2.04 bits per heavy atom. The van der Waals surface area contributed by atoms with Crippen LogP contribution in [0, 0.1) is 24.2 Å². The van der Waals surface area contributed by atoms with E-state index in [0.717, 1.165) is 32.4 Å². The molecule has 26 heavy (non-hydrogen) atoms. The van der Waals surface area contributed by atoms with Gasteiger partial charge < -0.3 is 20.6 Å². The third kappa shape index (κ3) is 6.19. The maximum Gasteiger partial charge on any atom is 0.306 e. The smallest absolute Gasteiger partial charge is 0.306 e. The van der Waals surface area contributed by atoms with E-state index in [0.29, 0.717) is 25.4 Å². The SMILES string of the molecule is C#C[C@@H](CC(=O)O)NC(=O)[C@H]1CCCN(C(=O)/C=C/C2CCNCC2)C1. The molecule has 0 unspecified atom stereocenters. The Morgan fingerprint density at radius 1 is 1.31 bits per heavy atom. The van der Waals surface area contributed by atoms with Gasteiger partial charge in [-0.05, 0) is 50.8 Å².